The van der Waals surface area contributed by atoms with Crippen molar-refractivity contribution in [3.8, 4) is 0 Å². The number of nitrogens with two attached hydrogens (primary N) is 1. The van der Waals surface area contributed by atoms with Crippen LogP contribution < -0.4 is 10.6 Å². The molecule has 0 radical (unpaired) electrons. The number of alkyl halides is 3. The second-order valence-corrected chi connectivity index (χ2v) is 6.17. The average molecular weight is 374 g/mol. The summed E-state index contributed by atoms with van der Waals surface area (Å²) in [4.78, 5) is 25.8. The third-order valence-corrected chi connectivity index (χ3v) is 4.35. The van der Waals surface area contributed by atoms with Gasteiger partial charge in [0.2, 0.25) is 5.91 Å². The molecule has 0 spiro atoms. The van der Waals surface area contributed by atoms with Crippen molar-refractivity contribution in [3.63, 3.8) is 0 Å². The topological polar surface area (TPSA) is 92.7 Å². The SMILES string of the molecule is CCCC(N)C(=O)N1CCN(c2ccc(C(F)(F)F)cc2[N+](=O)[O-])CC1. The highest BCUT2D eigenvalue weighted by Gasteiger charge is 2.34. The number of rotatable bonds is 5. The molecule has 2 rings (SSSR count). The Morgan fingerprint density at radius 2 is 1.92 bits per heavy atom. The van der Waals surface area contributed by atoms with E-state index >= 15 is 0 Å². The highest BCUT2D eigenvalue weighted by atomic mass is 19.4. The molecule has 1 fully saturated rings. The van der Waals surface area contributed by atoms with Crippen molar-refractivity contribution in [1.82, 2.24) is 4.90 Å². The summed E-state index contributed by atoms with van der Waals surface area (Å²) in [6, 6.07) is 1.91. The standard InChI is InChI=1S/C16H21F3N4O3/c1-2-3-12(20)15(24)22-8-6-21(7-9-22)13-5-4-11(16(17,18)19)10-14(13)23(25)26/h4-5,10,12H,2-3,6-9,20H2,1H3. The number of halogens is 3. The highest BCUT2D eigenvalue weighted by Crippen LogP contribution is 2.36. The van der Waals surface area contributed by atoms with Crippen LogP contribution in [0.15, 0.2) is 18.2 Å². The Morgan fingerprint density at radius 3 is 2.42 bits per heavy atom. The maximum absolute atomic E-state index is 12.8. The number of hydrogen-bond acceptors (Lipinski definition) is 5. The molecular weight excluding hydrogens is 353 g/mol. The summed E-state index contributed by atoms with van der Waals surface area (Å²) >= 11 is 0. The third-order valence-electron chi connectivity index (χ3n) is 4.35. The van der Waals surface area contributed by atoms with Gasteiger partial charge in [-0.05, 0) is 18.6 Å². The number of hydrogen-bond donors (Lipinski definition) is 1. The fraction of sp³-hybridized carbons (Fsp3) is 0.562. The molecule has 1 aliphatic rings. The van der Waals surface area contributed by atoms with Gasteiger partial charge < -0.3 is 15.5 Å². The second kappa shape index (κ2) is 7.90. The van der Waals surface area contributed by atoms with Crippen LogP contribution in [0.4, 0.5) is 24.5 Å². The lowest BCUT2D eigenvalue weighted by Gasteiger charge is -2.36. The molecule has 1 heterocycles. The molecule has 1 atom stereocenters. The van der Waals surface area contributed by atoms with Gasteiger partial charge in [0.25, 0.3) is 5.69 Å². The summed E-state index contributed by atoms with van der Waals surface area (Å²) in [5.74, 6) is -0.173. The zero-order valence-corrected chi connectivity index (χ0v) is 14.3. The molecule has 26 heavy (non-hydrogen) atoms. The molecule has 1 unspecified atom stereocenters. The Bertz CT molecular complexity index is 673. The number of amides is 1. The molecule has 0 bridgehead atoms. The van der Waals surface area contributed by atoms with Crippen molar-refractivity contribution >= 4 is 17.3 Å². The minimum absolute atomic E-state index is 0.118. The summed E-state index contributed by atoms with van der Waals surface area (Å²) in [5, 5.41) is 11.2. The smallest absolute Gasteiger partial charge is 0.362 e. The lowest BCUT2D eigenvalue weighted by molar-refractivity contribution is -0.384. The first-order valence-electron chi connectivity index (χ1n) is 8.30. The number of nitro benzene ring substituents is 1. The monoisotopic (exact) mass is 374 g/mol. The van der Waals surface area contributed by atoms with Gasteiger partial charge in [-0.2, -0.15) is 13.2 Å². The van der Waals surface area contributed by atoms with E-state index in [4.69, 9.17) is 5.73 Å². The average Bonchev–Trinajstić information content (AvgIpc) is 2.60. The van der Waals surface area contributed by atoms with E-state index in [1.165, 1.54) is 0 Å². The van der Waals surface area contributed by atoms with Crippen LogP contribution in [0.25, 0.3) is 0 Å². The zero-order valence-electron chi connectivity index (χ0n) is 14.3. The predicted molar refractivity (Wildman–Crippen MR) is 89.8 cm³/mol. The van der Waals surface area contributed by atoms with Crippen LogP contribution in [-0.2, 0) is 11.0 Å². The molecule has 1 aromatic carbocycles. The Hall–Kier alpha value is -2.36. The Kier molecular flexibility index (Phi) is 6.06. The maximum Gasteiger partial charge on any atom is 0.416 e. The van der Waals surface area contributed by atoms with Crippen molar-refractivity contribution in [1.29, 1.82) is 0 Å². The van der Waals surface area contributed by atoms with E-state index in [0.29, 0.717) is 25.6 Å². The Balaban J connectivity index is 2.14. The first-order valence-corrected chi connectivity index (χ1v) is 8.30. The van der Waals surface area contributed by atoms with Crippen molar-refractivity contribution in [2.45, 2.75) is 32.0 Å². The fourth-order valence-corrected chi connectivity index (χ4v) is 2.95. The minimum Gasteiger partial charge on any atom is -0.362 e. The van der Waals surface area contributed by atoms with E-state index in [1.54, 1.807) is 9.80 Å². The van der Waals surface area contributed by atoms with Gasteiger partial charge in [0.15, 0.2) is 0 Å². The van der Waals surface area contributed by atoms with Crippen LogP contribution >= 0.6 is 0 Å². The van der Waals surface area contributed by atoms with E-state index in [-0.39, 0.29) is 24.7 Å². The molecule has 1 aromatic rings. The van der Waals surface area contributed by atoms with Crippen molar-refractivity contribution in [2.75, 3.05) is 31.1 Å². The molecular formula is C16H21F3N4O3. The van der Waals surface area contributed by atoms with Crippen LogP contribution in [0.3, 0.4) is 0 Å². The first kappa shape index (κ1) is 20.0. The molecule has 1 amide bonds. The highest BCUT2D eigenvalue weighted by molar-refractivity contribution is 5.82. The van der Waals surface area contributed by atoms with Crippen molar-refractivity contribution in [3.05, 3.63) is 33.9 Å². The zero-order chi connectivity index (χ0) is 19.5. The number of piperazine rings is 1. The summed E-state index contributed by atoms with van der Waals surface area (Å²) in [6.45, 7) is 3.13. The predicted octanol–water partition coefficient (Wildman–Crippen LogP) is 2.39. The lowest BCUT2D eigenvalue weighted by Crippen LogP contribution is -2.53. The Morgan fingerprint density at radius 1 is 1.31 bits per heavy atom. The number of carbonyl (C=O) groups is 1. The molecule has 1 saturated heterocycles. The van der Waals surface area contributed by atoms with Crippen LogP contribution in [0.2, 0.25) is 0 Å². The summed E-state index contributed by atoms with van der Waals surface area (Å²) < 4.78 is 38.4. The van der Waals surface area contributed by atoms with E-state index < -0.39 is 28.4 Å². The largest absolute Gasteiger partial charge is 0.416 e. The third kappa shape index (κ3) is 4.43. The second-order valence-electron chi connectivity index (χ2n) is 6.17. The van der Waals surface area contributed by atoms with Crippen molar-refractivity contribution in [2.24, 2.45) is 5.73 Å². The van der Waals surface area contributed by atoms with Gasteiger partial charge in [0, 0.05) is 32.2 Å². The molecule has 2 N–H and O–H groups in total. The quantitative estimate of drug-likeness (QED) is 0.631. The first-order chi connectivity index (χ1) is 12.1. The number of benzene rings is 1. The van der Waals surface area contributed by atoms with Gasteiger partial charge in [-0.15, -0.1) is 0 Å². The van der Waals surface area contributed by atoms with Crippen LogP contribution in [0, 0.1) is 10.1 Å². The van der Waals surface area contributed by atoms with Gasteiger partial charge in [-0.1, -0.05) is 13.3 Å². The molecule has 1 aliphatic heterocycles. The summed E-state index contributed by atoms with van der Waals surface area (Å²) in [5.41, 5.74) is 4.29. The summed E-state index contributed by atoms with van der Waals surface area (Å²) in [6.07, 6.45) is -3.29. The van der Waals surface area contributed by atoms with Gasteiger partial charge in [-0.3, -0.25) is 14.9 Å². The van der Waals surface area contributed by atoms with E-state index in [1.807, 2.05) is 6.92 Å². The van der Waals surface area contributed by atoms with Crippen LogP contribution in [-0.4, -0.2) is 48.0 Å². The van der Waals surface area contributed by atoms with Gasteiger partial charge in [-0.25, -0.2) is 0 Å². The molecule has 0 aromatic heterocycles. The maximum atomic E-state index is 12.8. The van der Waals surface area contributed by atoms with Crippen LogP contribution in [0.5, 0.6) is 0 Å². The lowest BCUT2D eigenvalue weighted by atomic mass is 10.1. The molecule has 0 saturated carbocycles. The van der Waals surface area contributed by atoms with E-state index in [0.717, 1.165) is 18.6 Å². The molecule has 144 valence electrons. The number of nitrogens with zero attached hydrogens (tertiary/aromatic N) is 3. The van der Waals surface area contributed by atoms with E-state index in [9.17, 15) is 28.1 Å². The van der Waals surface area contributed by atoms with Crippen molar-refractivity contribution < 1.29 is 22.9 Å². The normalized spacial score (nSPS) is 16.5. The Labute approximate surface area is 148 Å². The number of carbonyl (C=O) groups excluding carboxylic acids is 1. The van der Waals surface area contributed by atoms with Gasteiger partial charge in [0.1, 0.15) is 5.69 Å². The number of anilines is 1. The molecule has 10 heteroatoms. The van der Waals surface area contributed by atoms with Gasteiger partial charge >= 0.3 is 6.18 Å². The fourth-order valence-electron chi connectivity index (χ4n) is 2.95. The van der Waals surface area contributed by atoms with E-state index in [2.05, 4.69) is 0 Å². The molecule has 0 aliphatic carbocycles. The summed E-state index contributed by atoms with van der Waals surface area (Å²) in [7, 11) is 0. The van der Waals surface area contributed by atoms with Gasteiger partial charge in [0.05, 0.1) is 16.5 Å². The molecule has 7 nitrogen and oxygen atoms in total. The van der Waals surface area contributed by atoms with Crippen LogP contribution in [0.1, 0.15) is 25.3 Å². The minimum atomic E-state index is -4.65. The number of nitro groups is 1.